The number of nitrogens with one attached hydrogen (secondary N) is 1. The number of carbonyl (C=O) groups excluding carboxylic acids is 1. The predicted octanol–water partition coefficient (Wildman–Crippen LogP) is 1.93. The van der Waals surface area contributed by atoms with Crippen molar-refractivity contribution in [2.24, 2.45) is 0 Å². The maximum atomic E-state index is 12.2. The first-order valence-corrected chi connectivity index (χ1v) is 8.57. The summed E-state index contributed by atoms with van der Waals surface area (Å²) in [5, 5.41) is 4.56. The van der Waals surface area contributed by atoms with Crippen LogP contribution in [0.3, 0.4) is 0 Å². The standard InChI is InChI=1S/C14H16N2O3S2/c1-16(2)21(18,19)13-8-4-3-6-11(13)10-15-14(17)12-7-5-9-20-12/h3-9H,10H2,1-2H3,(H,15,17). The van der Waals surface area contributed by atoms with E-state index in [1.807, 2.05) is 5.38 Å². The van der Waals surface area contributed by atoms with E-state index in [4.69, 9.17) is 0 Å². The summed E-state index contributed by atoms with van der Waals surface area (Å²) in [6.45, 7) is 0.167. The number of nitrogens with zero attached hydrogens (tertiary/aromatic N) is 1. The van der Waals surface area contributed by atoms with E-state index in [9.17, 15) is 13.2 Å². The van der Waals surface area contributed by atoms with Gasteiger partial charge in [-0.15, -0.1) is 11.3 Å². The normalized spacial score (nSPS) is 11.6. The minimum Gasteiger partial charge on any atom is -0.347 e. The topological polar surface area (TPSA) is 66.5 Å². The number of amides is 1. The second-order valence-electron chi connectivity index (χ2n) is 4.56. The molecule has 1 heterocycles. The highest BCUT2D eigenvalue weighted by Crippen LogP contribution is 2.18. The number of hydrogen-bond donors (Lipinski definition) is 1. The van der Waals surface area contributed by atoms with E-state index in [0.717, 1.165) is 4.31 Å². The Balaban J connectivity index is 2.20. The number of carbonyl (C=O) groups is 1. The largest absolute Gasteiger partial charge is 0.347 e. The molecule has 0 saturated carbocycles. The third-order valence-corrected chi connectivity index (χ3v) is 5.70. The fourth-order valence-electron chi connectivity index (χ4n) is 1.77. The quantitative estimate of drug-likeness (QED) is 0.914. The Bertz CT molecular complexity index is 722. The third kappa shape index (κ3) is 3.49. The number of sulfonamides is 1. The first kappa shape index (κ1) is 15.7. The van der Waals surface area contributed by atoms with E-state index in [2.05, 4.69) is 5.32 Å². The Morgan fingerprint density at radius 1 is 1.19 bits per heavy atom. The Hall–Kier alpha value is -1.70. The minimum atomic E-state index is -3.52. The average molecular weight is 324 g/mol. The van der Waals surface area contributed by atoms with E-state index >= 15 is 0 Å². The van der Waals surface area contributed by atoms with Crippen molar-refractivity contribution >= 4 is 27.3 Å². The van der Waals surface area contributed by atoms with Gasteiger partial charge in [0, 0.05) is 20.6 Å². The monoisotopic (exact) mass is 324 g/mol. The van der Waals surface area contributed by atoms with Crippen molar-refractivity contribution in [3.05, 3.63) is 52.2 Å². The average Bonchev–Trinajstić information content (AvgIpc) is 2.99. The summed E-state index contributed by atoms with van der Waals surface area (Å²) in [5.74, 6) is -0.206. The van der Waals surface area contributed by atoms with Gasteiger partial charge in [-0.2, -0.15) is 0 Å². The highest BCUT2D eigenvalue weighted by Gasteiger charge is 2.20. The lowest BCUT2D eigenvalue weighted by molar-refractivity contribution is 0.0954. The Kier molecular flexibility index (Phi) is 4.76. The van der Waals surface area contributed by atoms with E-state index < -0.39 is 10.0 Å². The molecule has 1 aromatic carbocycles. The van der Waals surface area contributed by atoms with Gasteiger partial charge in [-0.25, -0.2) is 12.7 Å². The Morgan fingerprint density at radius 3 is 2.52 bits per heavy atom. The lowest BCUT2D eigenvalue weighted by atomic mass is 10.2. The molecular formula is C14H16N2O3S2. The van der Waals surface area contributed by atoms with Gasteiger partial charge in [0.25, 0.3) is 5.91 Å². The van der Waals surface area contributed by atoms with Crippen molar-refractivity contribution in [1.82, 2.24) is 9.62 Å². The van der Waals surface area contributed by atoms with Gasteiger partial charge in [0.2, 0.25) is 10.0 Å². The molecule has 2 rings (SSSR count). The van der Waals surface area contributed by atoms with Crippen molar-refractivity contribution in [2.75, 3.05) is 14.1 Å². The molecule has 5 nitrogen and oxygen atoms in total. The summed E-state index contributed by atoms with van der Waals surface area (Å²) < 4.78 is 25.6. The highest BCUT2D eigenvalue weighted by atomic mass is 32.2. The van der Waals surface area contributed by atoms with Crippen molar-refractivity contribution in [3.8, 4) is 0 Å². The number of thiophene rings is 1. The molecule has 0 aliphatic carbocycles. The molecule has 0 aliphatic heterocycles. The van der Waals surface area contributed by atoms with E-state index in [1.54, 1.807) is 36.4 Å². The minimum absolute atomic E-state index is 0.167. The molecule has 0 bridgehead atoms. The first-order chi connectivity index (χ1) is 9.93. The van der Waals surface area contributed by atoms with Crippen LogP contribution in [0.2, 0.25) is 0 Å². The smallest absolute Gasteiger partial charge is 0.261 e. The second kappa shape index (κ2) is 6.38. The molecule has 0 atom stereocenters. The van der Waals surface area contributed by atoms with Gasteiger partial charge in [0.1, 0.15) is 0 Å². The van der Waals surface area contributed by atoms with E-state index in [0.29, 0.717) is 10.4 Å². The van der Waals surface area contributed by atoms with Crippen LogP contribution in [0, 0.1) is 0 Å². The SMILES string of the molecule is CN(C)S(=O)(=O)c1ccccc1CNC(=O)c1cccs1. The van der Waals surface area contributed by atoms with Gasteiger partial charge < -0.3 is 5.32 Å². The van der Waals surface area contributed by atoms with E-state index in [-0.39, 0.29) is 17.3 Å². The molecular weight excluding hydrogens is 308 g/mol. The van der Waals surface area contributed by atoms with Crippen LogP contribution in [0.1, 0.15) is 15.2 Å². The van der Waals surface area contributed by atoms with Gasteiger partial charge in [0.05, 0.1) is 9.77 Å². The zero-order valence-electron chi connectivity index (χ0n) is 11.7. The fraction of sp³-hybridized carbons (Fsp3) is 0.214. The zero-order valence-corrected chi connectivity index (χ0v) is 13.4. The summed E-state index contributed by atoms with van der Waals surface area (Å²) in [5.41, 5.74) is 0.566. The molecule has 0 saturated heterocycles. The molecule has 1 amide bonds. The van der Waals surface area contributed by atoms with Crippen LogP contribution in [0.15, 0.2) is 46.7 Å². The molecule has 0 aliphatic rings. The van der Waals surface area contributed by atoms with Crippen molar-refractivity contribution in [3.63, 3.8) is 0 Å². The van der Waals surface area contributed by atoms with Crippen LogP contribution >= 0.6 is 11.3 Å². The van der Waals surface area contributed by atoms with Gasteiger partial charge >= 0.3 is 0 Å². The second-order valence-corrected chi connectivity index (χ2v) is 7.62. The van der Waals surface area contributed by atoms with Crippen molar-refractivity contribution in [2.45, 2.75) is 11.4 Å². The summed E-state index contributed by atoms with van der Waals surface area (Å²) >= 11 is 1.34. The van der Waals surface area contributed by atoms with Crippen molar-refractivity contribution in [1.29, 1.82) is 0 Å². The van der Waals surface area contributed by atoms with Crippen LogP contribution in [0.25, 0.3) is 0 Å². The predicted molar refractivity (Wildman–Crippen MR) is 82.8 cm³/mol. The van der Waals surface area contributed by atoms with Gasteiger partial charge in [-0.1, -0.05) is 24.3 Å². The van der Waals surface area contributed by atoms with Gasteiger partial charge in [-0.3, -0.25) is 4.79 Å². The van der Waals surface area contributed by atoms with Crippen LogP contribution < -0.4 is 5.32 Å². The number of rotatable bonds is 5. The summed E-state index contributed by atoms with van der Waals surface area (Å²) in [6.07, 6.45) is 0. The molecule has 0 radical (unpaired) electrons. The maximum absolute atomic E-state index is 12.2. The van der Waals surface area contributed by atoms with Crippen LogP contribution in [-0.2, 0) is 16.6 Å². The first-order valence-electron chi connectivity index (χ1n) is 6.25. The highest BCUT2D eigenvalue weighted by molar-refractivity contribution is 7.89. The van der Waals surface area contributed by atoms with Crippen molar-refractivity contribution < 1.29 is 13.2 Å². The lowest BCUT2D eigenvalue weighted by Crippen LogP contribution is -2.26. The lowest BCUT2D eigenvalue weighted by Gasteiger charge is -2.15. The fourth-order valence-corrected chi connectivity index (χ4v) is 3.52. The number of benzene rings is 1. The zero-order chi connectivity index (χ0) is 15.5. The summed E-state index contributed by atoms with van der Waals surface area (Å²) in [6, 6.07) is 10.2. The van der Waals surface area contributed by atoms with Crippen LogP contribution in [0.4, 0.5) is 0 Å². The molecule has 21 heavy (non-hydrogen) atoms. The molecule has 0 fully saturated rings. The summed E-state index contributed by atoms with van der Waals surface area (Å²) in [4.78, 5) is 12.7. The van der Waals surface area contributed by atoms with Crippen LogP contribution in [-0.4, -0.2) is 32.7 Å². The molecule has 0 spiro atoms. The molecule has 1 aromatic heterocycles. The molecule has 1 N–H and O–H groups in total. The summed E-state index contributed by atoms with van der Waals surface area (Å²) in [7, 11) is -0.560. The third-order valence-electron chi connectivity index (χ3n) is 2.92. The maximum Gasteiger partial charge on any atom is 0.261 e. The number of hydrogen-bond acceptors (Lipinski definition) is 4. The Labute approximate surface area is 128 Å². The molecule has 2 aromatic rings. The Morgan fingerprint density at radius 2 is 1.90 bits per heavy atom. The molecule has 0 unspecified atom stereocenters. The van der Waals surface area contributed by atoms with Gasteiger partial charge in [-0.05, 0) is 23.1 Å². The van der Waals surface area contributed by atoms with Crippen LogP contribution in [0.5, 0.6) is 0 Å². The van der Waals surface area contributed by atoms with E-state index in [1.165, 1.54) is 25.4 Å². The molecule has 112 valence electrons. The molecule has 7 heteroatoms. The van der Waals surface area contributed by atoms with Gasteiger partial charge in [0.15, 0.2) is 0 Å².